The van der Waals surface area contributed by atoms with Crippen molar-refractivity contribution in [2.24, 2.45) is 5.10 Å². The van der Waals surface area contributed by atoms with E-state index in [2.05, 4.69) is 15.8 Å². The van der Waals surface area contributed by atoms with E-state index < -0.39 is 4.92 Å². The van der Waals surface area contributed by atoms with Gasteiger partial charge in [-0.1, -0.05) is 29.8 Å². The van der Waals surface area contributed by atoms with Crippen LogP contribution in [0.5, 0.6) is 0 Å². The second-order valence-electron chi connectivity index (χ2n) is 4.15. The number of thiocarbonyl (C=S) groups is 1. The smallest absolute Gasteiger partial charge is 0.278 e. The van der Waals surface area contributed by atoms with Gasteiger partial charge in [0.15, 0.2) is 5.11 Å². The number of hydrogen-bond acceptors (Lipinski definition) is 4. The molecular formula is C14H11ClN4O2S. The van der Waals surface area contributed by atoms with Crippen LogP contribution in [0.3, 0.4) is 0 Å². The molecule has 6 nitrogen and oxygen atoms in total. The second kappa shape index (κ2) is 7.48. The molecule has 0 bridgehead atoms. The number of hydrogen-bond donors (Lipinski definition) is 2. The van der Waals surface area contributed by atoms with Crippen molar-refractivity contribution in [2.75, 3.05) is 5.32 Å². The summed E-state index contributed by atoms with van der Waals surface area (Å²) in [6.07, 6.45) is 1.34. The average molecular weight is 335 g/mol. The van der Waals surface area contributed by atoms with Gasteiger partial charge < -0.3 is 5.32 Å². The van der Waals surface area contributed by atoms with E-state index in [1.165, 1.54) is 12.3 Å². The molecule has 2 rings (SSSR count). The predicted molar refractivity (Wildman–Crippen MR) is 91.5 cm³/mol. The molecule has 0 atom stereocenters. The van der Waals surface area contributed by atoms with E-state index in [-0.39, 0.29) is 10.8 Å². The zero-order valence-electron chi connectivity index (χ0n) is 11.2. The predicted octanol–water partition coefficient (Wildman–Crippen LogP) is 3.57. The molecule has 0 aliphatic heterocycles. The molecule has 0 unspecified atom stereocenters. The van der Waals surface area contributed by atoms with E-state index in [1.807, 2.05) is 0 Å². The van der Waals surface area contributed by atoms with Crippen molar-refractivity contribution in [1.29, 1.82) is 0 Å². The van der Waals surface area contributed by atoms with Crippen LogP contribution in [-0.4, -0.2) is 16.3 Å². The topological polar surface area (TPSA) is 79.6 Å². The van der Waals surface area contributed by atoms with Crippen molar-refractivity contribution in [1.82, 2.24) is 5.43 Å². The van der Waals surface area contributed by atoms with Gasteiger partial charge in [0.25, 0.3) is 5.69 Å². The molecule has 2 aromatic carbocycles. The average Bonchev–Trinajstić information content (AvgIpc) is 2.47. The number of rotatable bonds is 4. The quantitative estimate of drug-likeness (QED) is 0.387. The lowest BCUT2D eigenvalue weighted by atomic mass is 10.2. The van der Waals surface area contributed by atoms with E-state index in [1.54, 1.807) is 42.5 Å². The molecule has 112 valence electrons. The van der Waals surface area contributed by atoms with Crippen LogP contribution < -0.4 is 10.7 Å². The Kier molecular flexibility index (Phi) is 5.40. The minimum atomic E-state index is -0.468. The van der Waals surface area contributed by atoms with Crippen molar-refractivity contribution < 1.29 is 4.92 Å². The molecule has 0 saturated heterocycles. The lowest BCUT2D eigenvalue weighted by Gasteiger charge is -2.06. The van der Waals surface area contributed by atoms with Crippen LogP contribution in [-0.2, 0) is 0 Å². The summed E-state index contributed by atoms with van der Waals surface area (Å²) in [5.74, 6) is 0. The summed E-state index contributed by atoms with van der Waals surface area (Å²) in [6.45, 7) is 0. The Morgan fingerprint density at radius 3 is 2.77 bits per heavy atom. The molecule has 0 aromatic heterocycles. The summed E-state index contributed by atoms with van der Waals surface area (Å²) in [6, 6.07) is 13.3. The molecule has 0 spiro atoms. The highest BCUT2D eigenvalue weighted by molar-refractivity contribution is 7.80. The number of nitrogens with zero attached hydrogens (tertiary/aromatic N) is 2. The molecule has 0 heterocycles. The van der Waals surface area contributed by atoms with Gasteiger partial charge in [-0.25, -0.2) is 0 Å². The Bertz CT molecular complexity index is 736. The Balaban J connectivity index is 1.98. The summed E-state index contributed by atoms with van der Waals surface area (Å²) in [5, 5.41) is 18.5. The Morgan fingerprint density at radius 2 is 2.05 bits per heavy atom. The molecular weight excluding hydrogens is 324 g/mol. The normalized spacial score (nSPS) is 10.4. The molecule has 2 aromatic rings. The van der Waals surface area contributed by atoms with Gasteiger partial charge in [-0.15, -0.1) is 0 Å². The van der Waals surface area contributed by atoms with Crippen molar-refractivity contribution >= 4 is 46.5 Å². The Labute approximate surface area is 136 Å². The first-order valence-corrected chi connectivity index (χ1v) is 6.94. The van der Waals surface area contributed by atoms with Crippen molar-refractivity contribution in [3.8, 4) is 0 Å². The van der Waals surface area contributed by atoms with Gasteiger partial charge in [0, 0.05) is 16.8 Å². The molecule has 0 aliphatic rings. The van der Waals surface area contributed by atoms with E-state index in [0.717, 1.165) is 0 Å². The summed E-state index contributed by atoms with van der Waals surface area (Å²) >= 11 is 10.9. The number of hydrazone groups is 1. The third-order valence-electron chi connectivity index (χ3n) is 2.59. The van der Waals surface area contributed by atoms with Gasteiger partial charge in [-0.2, -0.15) is 5.10 Å². The Hall–Kier alpha value is -2.51. The molecule has 2 N–H and O–H groups in total. The Morgan fingerprint density at radius 1 is 1.27 bits per heavy atom. The van der Waals surface area contributed by atoms with Crippen LogP contribution in [0.15, 0.2) is 53.6 Å². The summed E-state index contributed by atoms with van der Waals surface area (Å²) in [4.78, 5) is 10.4. The van der Waals surface area contributed by atoms with Gasteiger partial charge in [0.2, 0.25) is 0 Å². The fourth-order valence-electron chi connectivity index (χ4n) is 1.65. The first-order chi connectivity index (χ1) is 10.6. The molecule has 22 heavy (non-hydrogen) atoms. The van der Waals surface area contributed by atoms with E-state index in [9.17, 15) is 10.1 Å². The van der Waals surface area contributed by atoms with Crippen LogP contribution in [0.1, 0.15) is 5.56 Å². The van der Waals surface area contributed by atoms with Crippen LogP contribution in [0.4, 0.5) is 11.4 Å². The molecule has 0 fully saturated rings. The van der Waals surface area contributed by atoms with E-state index in [4.69, 9.17) is 23.8 Å². The summed E-state index contributed by atoms with van der Waals surface area (Å²) in [7, 11) is 0. The van der Waals surface area contributed by atoms with Gasteiger partial charge in [-0.05, 0) is 36.5 Å². The van der Waals surface area contributed by atoms with Crippen LogP contribution in [0.2, 0.25) is 5.02 Å². The molecule has 8 heteroatoms. The monoisotopic (exact) mass is 334 g/mol. The zero-order chi connectivity index (χ0) is 15.9. The van der Waals surface area contributed by atoms with Crippen molar-refractivity contribution in [2.45, 2.75) is 0 Å². The van der Waals surface area contributed by atoms with Crippen molar-refractivity contribution in [3.05, 3.63) is 69.2 Å². The molecule has 0 saturated carbocycles. The summed E-state index contributed by atoms with van der Waals surface area (Å²) in [5.41, 5.74) is 3.66. The zero-order valence-corrected chi connectivity index (χ0v) is 12.8. The third kappa shape index (κ3) is 4.51. The number of benzene rings is 2. The largest absolute Gasteiger partial charge is 0.331 e. The molecule has 0 radical (unpaired) electrons. The van der Waals surface area contributed by atoms with E-state index >= 15 is 0 Å². The highest BCUT2D eigenvalue weighted by Crippen LogP contribution is 2.15. The minimum absolute atomic E-state index is 0.0261. The molecule has 0 aliphatic carbocycles. The first-order valence-electron chi connectivity index (χ1n) is 6.15. The SMILES string of the molecule is O=[N+]([O-])c1ccccc1/C=N\NC(=S)Nc1cccc(Cl)c1. The number of nitro benzene ring substituents is 1. The summed E-state index contributed by atoms with van der Waals surface area (Å²) < 4.78 is 0. The number of nitro groups is 1. The van der Waals surface area contributed by atoms with Crippen LogP contribution in [0.25, 0.3) is 0 Å². The van der Waals surface area contributed by atoms with E-state index in [0.29, 0.717) is 16.3 Å². The maximum absolute atomic E-state index is 10.9. The number of para-hydroxylation sites is 1. The lowest BCUT2D eigenvalue weighted by molar-refractivity contribution is -0.385. The number of halogens is 1. The van der Waals surface area contributed by atoms with Gasteiger partial charge in [-0.3, -0.25) is 15.5 Å². The third-order valence-corrected chi connectivity index (χ3v) is 3.01. The van der Waals surface area contributed by atoms with Gasteiger partial charge in [0.05, 0.1) is 16.7 Å². The fourth-order valence-corrected chi connectivity index (χ4v) is 2.01. The second-order valence-corrected chi connectivity index (χ2v) is 5.00. The number of anilines is 1. The lowest BCUT2D eigenvalue weighted by Crippen LogP contribution is -2.23. The number of nitrogens with one attached hydrogen (secondary N) is 2. The van der Waals surface area contributed by atoms with Crippen LogP contribution >= 0.6 is 23.8 Å². The highest BCUT2D eigenvalue weighted by atomic mass is 35.5. The standard InChI is InChI=1S/C14H11ClN4O2S/c15-11-5-3-6-12(8-11)17-14(22)18-16-9-10-4-1-2-7-13(10)19(20)21/h1-9H,(H2,17,18,22)/b16-9-. The highest BCUT2D eigenvalue weighted by Gasteiger charge is 2.09. The molecule has 0 amide bonds. The minimum Gasteiger partial charge on any atom is -0.331 e. The maximum Gasteiger partial charge on any atom is 0.278 e. The van der Waals surface area contributed by atoms with Gasteiger partial charge in [0.1, 0.15) is 0 Å². The maximum atomic E-state index is 10.9. The van der Waals surface area contributed by atoms with Crippen molar-refractivity contribution in [3.63, 3.8) is 0 Å². The fraction of sp³-hybridized carbons (Fsp3) is 0. The first kappa shape index (κ1) is 15.9. The van der Waals surface area contributed by atoms with Crippen LogP contribution in [0, 0.1) is 10.1 Å². The van der Waals surface area contributed by atoms with Gasteiger partial charge >= 0.3 is 0 Å².